The fourth-order valence-corrected chi connectivity index (χ4v) is 5.56. The molecule has 0 bridgehead atoms. The van der Waals surface area contributed by atoms with Crippen LogP contribution in [0, 0.1) is 5.82 Å². The van der Waals surface area contributed by atoms with Gasteiger partial charge in [-0.05, 0) is 67.1 Å². The minimum atomic E-state index is -3.90. The summed E-state index contributed by atoms with van der Waals surface area (Å²) in [5, 5.41) is 8.61. The van der Waals surface area contributed by atoms with Crippen LogP contribution < -0.4 is 9.64 Å². The van der Waals surface area contributed by atoms with Crippen molar-refractivity contribution < 1.29 is 22.3 Å². The van der Waals surface area contributed by atoms with Crippen molar-refractivity contribution in [2.45, 2.75) is 11.3 Å². The van der Waals surface area contributed by atoms with Crippen molar-refractivity contribution in [1.82, 2.24) is 19.4 Å². The highest BCUT2D eigenvalue weighted by Gasteiger charge is 2.29. The number of methoxy groups -OCH3 is 1. The molecule has 0 atom stereocenters. The molecule has 0 unspecified atom stereocenters. The molecule has 1 aliphatic rings. The fourth-order valence-electron chi connectivity index (χ4n) is 4.20. The molecule has 1 saturated heterocycles. The summed E-state index contributed by atoms with van der Waals surface area (Å²) in [4.78, 5) is 17.0. The van der Waals surface area contributed by atoms with Gasteiger partial charge in [-0.3, -0.25) is 4.79 Å². The lowest BCUT2D eigenvalue weighted by Crippen LogP contribution is -2.44. The highest BCUT2D eigenvalue weighted by atomic mass is 32.2. The molecule has 1 amide bonds. The molecule has 1 aromatic heterocycles. The number of benzene rings is 2. The molecule has 38 heavy (non-hydrogen) atoms. The summed E-state index contributed by atoms with van der Waals surface area (Å²) in [5.74, 6) is 0.635. The van der Waals surface area contributed by atoms with Crippen LogP contribution in [0.15, 0.2) is 78.2 Å². The molecule has 3 aromatic rings. The van der Waals surface area contributed by atoms with Crippen molar-refractivity contribution in [3.8, 4) is 17.0 Å². The molecule has 4 rings (SSSR count). The highest BCUT2D eigenvalue weighted by molar-refractivity contribution is 7.89. The van der Waals surface area contributed by atoms with E-state index in [1.165, 1.54) is 37.5 Å². The van der Waals surface area contributed by atoms with Gasteiger partial charge in [0.1, 0.15) is 11.6 Å². The van der Waals surface area contributed by atoms with Crippen LogP contribution in [0.3, 0.4) is 0 Å². The van der Waals surface area contributed by atoms with Crippen molar-refractivity contribution in [1.29, 1.82) is 0 Å². The number of carbonyl (C=O) groups is 1. The number of ether oxygens (including phenoxy) is 1. The molecule has 2 heterocycles. The maximum absolute atomic E-state index is 13.2. The highest BCUT2D eigenvalue weighted by Crippen LogP contribution is 2.22. The zero-order valence-corrected chi connectivity index (χ0v) is 22.0. The average Bonchev–Trinajstić information content (AvgIpc) is 3.20. The normalized spacial score (nSPS) is 14.3. The van der Waals surface area contributed by atoms with E-state index < -0.39 is 10.0 Å². The van der Waals surface area contributed by atoms with E-state index >= 15 is 0 Å². The Labute approximate surface area is 222 Å². The molecule has 11 heteroatoms. The third kappa shape index (κ3) is 6.35. The van der Waals surface area contributed by atoms with E-state index in [1.807, 2.05) is 17.0 Å². The summed E-state index contributed by atoms with van der Waals surface area (Å²) >= 11 is 0. The number of rotatable bonds is 9. The second kappa shape index (κ2) is 12.1. The molecule has 200 valence electrons. The van der Waals surface area contributed by atoms with E-state index in [-0.39, 0.29) is 29.7 Å². The zero-order valence-electron chi connectivity index (χ0n) is 21.2. The molecule has 1 aliphatic heterocycles. The van der Waals surface area contributed by atoms with Crippen LogP contribution in [0.5, 0.6) is 5.75 Å². The summed E-state index contributed by atoms with van der Waals surface area (Å²) in [6, 6.07) is 15.8. The van der Waals surface area contributed by atoms with Gasteiger partial charge in [-0.15, -0.1) is 16.8 Å². The second-order valence-corrected chi connectivity index (χ2v) is 10.7. The molecular formula is C27H30FN5O4S. The number of anilines is 1. The molecular weight excluding hydrogens is 509 g/mol. The molecule has 1 fully saturated rings. The number of amides is 1. The summed E-state index contributed by atoms with van der Waals surface area (Å²) in [6.07, 6.45) is 2.16. The van der Waals surface area contributed by atoms with Crippen LogP contribution in [0.25, 0.3) is 11.3 Å². The van der Waals surface area contributed by atoms with Gasteiger partial charge in [0.25, 0.3) is 0 Å². The molecule has 0 N–H and O–H groups in total. The number of sulfonamides is 1. The number of hydrogen-bond donors (Lipinski definition) is 0. The lowest BCUT2D eigenvalue weighted by Gasteiger charge is -2.26. The standard InChI is InChI=1S/C27H30FN5O4S/c1-3-15-33(38(35,36)24-11-9-23(37-2)10-12-24)20-27(34)32-17-4-16-31(18-19-32)26-14-13-25(29-30-26)21-5-7-22(28)8-6-21/h3,5-14H,1,4,15-20H2,2H3. The smallest absolute Gasteiger partial charge is 0.243 e. The Morgan fingerprint density at radius 1 is 1.03 bits per heavy atom. The van der Waals surface area contributed by atoms with Gasteiger partial charge in [-0.1, -0.05) is 6.08 Å². The van der Waals surface area contributed by atoms with Crippen LogP contribution >= 0.6 is 0 Å². The number of carbonyl (C=O) groups excluding carboxylic acids is 1. The topological polar surface area (TPSA) is 95.9 Å². The Morgan fingerprint density at radius 2 is 1.76 bits per heavy atom. The van der Waals surface area contributed by atoms with Crippen molar-refractivity contribution in [2.75, 3.05) is 51.3 Å². The van der Waals surface area contributed by atoms with Crippen LogP contribution in [0.4, 0.5) is 10.2 Å². The summed E-state index contributed by atoms with van der Waals surface area (Å²) in [7, 11) is -2.40. The van der Waals surface area contributed by atoms with Crippen LogP contribution in [-0.4, -0.2) is 80.1 Å². The third-order valence-corrected chi connectivity index (χ3v) is 8.13. The zero-order chi connectivity index (χ0) is 27.1. The monoisotopic (exact) mass is 539 g/mol. The first kappa shape index (κ1) is 27.2. The molecule has 0 aliphatic carbocycles. The Morgan fingerprint density at radius 3 is 2.39 bits per heavy atom. The molecule has 9 nitrogen and oxygen atoms in total. The largest absolute Gasteiger partial charge is 0.497 e. The van der Waals surface area contributed by atoms with Gasteiger partial charge in [0.2, 0.25) is 15.9 Å². The lowest BCUT2D eigenvalue weighted by molar-refractivity contribution is -0.131. The first-order chi connectivity index (χ1) is 18.3. The third-order valence-electron chi connectivity index (χ3n) is 6.30. The first-order valence-corrected chi connectivity index (χ1v) is 13.6. The van der Waals surface area contributed by atoms with Crippen LogP contribution in [0.1, 0.15) is 6.42 Å². The maximum Gasteiger partial charge on any atom is 0.243 e. The van der Waals surface area contributed by atoms with Gasteiger partial charge in [-0.2, -0.15) is 4.31 Å². The summed E-state index contributed by atoms with van der Waals surface area (Å²) in [6.45, 7) is 5.51. The first-order valence-electron chi connectivity index (χ1n) is 12.2. The van der Waals surface area contributed by atoms with E-state index in [1.54, 1.807) is 29.2 Å². The summed E-state index contributed by atoms with van der Waals surface area (Å²) < 4.78 is 45.9. The molecule has 0 saturated carbocycles. The second-order valence-electron chi connectivity index (χ2n) is 8.77. The number of nitrogens with zero attached hydrogens (tertiary/aromatic N) is 5. The van der Waals surface area contributed by atoms with Gasteiger partial charge < -0.3 is 14.5 Å². The average molecular weight is 540 g/mol. The SMILES string of the molecule is C=CCN(CC(=O)N1CCCN(c2ccc(-c3ccc(F)cc3)nn2)CC1)S(=O)(=O)c1ccc(OC)cc1. The van der Waals surface area contributed by atoms with Crippen molar-refractivity contribution >= 4 is 21.7 Å². The van der Waals surface area contributed by atoms with Crippen molar-refractivity contribution in [2.24, 2.45) is 0 Å². The van der Waals surface area contributed by atoms with Crippen LogP contribution in [-0.2, 0) is 14.8 Å². The van der Waals surface area contributed by atoms with Gasteiger partial charge in [0, 0.05) is 38.3 Å². The maximum atomic E-state index is 13.2. The van der Waals surface area contributed by atoms with Gasteiger partial charge in [-0.25, -0.2) is 12.8 Å². The minimum absolute atomic E-state index is 0.00998. The Bertz CT molecular complexity index is 1350. The van der Waals surface area contributed by atoms with E-state index in [9.17, 15) is 17.6 Å². The Balaban J connectivity index is 1.40. The lowest BCUT2D eigenvalue weighted by atomic mass is 10.1. The molecule has 0 spiro atoms. The molecule has 2 aromatic carbocycles. The van der Waals surface area contributed by atoms with E-state index in [0.29, 0.717) is 49.9 Å². The van der Waals surface area contributed by atoms with Crippen LogP contribution in [0.2, 0.25) is 0 Å². The molecule has 0 radical (unpaired) electrons. The van der Waals surface area contributed by atoms with E-state index in [2.05, 4.69) is 16.8 Å². The summed E-state index contributed by atoms with van der Waals surface area (Å²) in [5.41, 5.74) is 1.41. The quantitative estimate of drug-likeness (QED) is 0.386. The van der Waals surface area contributed by atoms with E-state index in [4.69, 9.17) is 4.74 Å². The predicted octanol–water partition coefficient (Wildman–Crippen LogP) is 3.21. The predicted molar refractivity (Wildman–Crippen MR) is 143 cm³/mol. The Kier molecular flexibility index (Phi) is 8.70. The fraction of sp³-hybridized carbons (Fsp3) is 0.296. The van der Waals surface area contributed by atoms with E-state index in [0.717, 1.165) is 9.87 Å². The number of halogens is 1. The van der Waals surface area contributed by atoms with Crippen molar-refractivity contribution in [3.05, 3.63) is 79.1 Å². The Hall–Kier alpha value is -3.83. The van der Waals surface area contributed by atoms with Gasteiger partial charge in [0.05, 0.1) is 24.2 Å². The minimum Gasteiger partial charge on any atom is -0.497 e. The van der Waals surface area contributed by atoms with Gasteiger partial charge in [0.15, 0.2) is 5.82 Å². The van der Waals surface area contributed by atoms with Gasteiger partial charge >= 0.3 is 0 Å². The number of aromatic nitrogens is 2. The van der Waals surface area contributed by atoms with Crippen molar-refractivity contribution in [3.63, 3.8) is 0 Å². The number of hydrogen-bond acceptors (Lipinski definition) is 7.